The molecule has 0 aliphatic heterocycles. The number of unbranched alkanes of at least 4 members (excludes halogenated alkanes) is 1. The number of rotatable bonds is 6. The van der Waals surface area contributed by atoms with Crippen LogP contribution in [0.5, 0.6) is 0 Å². The highest BCUT2D eigenvalue weighted by molar-refractivity contribution is 9.10. The van der Waals surface area contributed by atoms with Gasteiger partial charge in [0.2, 0.25) is 10.0 Å². The number of hydrogen-bond donors (Lipinski definition) is 2. The molecule has 0 aliphatic carbocycles. The van der Waals surface area contributed by atoms with E-state index in [4.69, 9.17) is 5.11 Å². The summed E-state index contributed by atoms with van der Waals surface area (Å²) in [7, 11) is -3.74. The average Bonchev–Trinajstić information content (AvgIpc) is 2.26. The van der Waals surface area contributed by atoms with Crippen LogP contribution in [0.1, 0.15) is 18.4 Å². The highest BCUT2D eigenvalue weighted by Gasteiger charge is 2.31. The number of halogens is 4. The molecule has 114 valence electrons. The summed E-state index contributed by atoms with van der Waals surface area (Å²) < 4.78 is 63.3. The number of aliphatic hydroxyl groups is 1. The van der Waals surface area contributed by atoms with Crippen molar-refractivity contribution < 1.29 is 26.7 Å². The Bertz CT molecular complexity index is 561. The van der Waals surface area contributed by atoms with Gasteiger partial charge in [0.1, 0.15) is 0 Å². The molecule has 0 atom stereocenters. The second kappa shape index (κ2) is 6.77. The molecule has 2 N–H and O–H groups in total. The molecule has 0 fully saturated rings. The van der Waals surface area contributed by atoms with Gasteiger partial charge in [-0.05, 0) is 31.0 Å². The second-order valence-corrected chi connectivity index (χ2v) is 6.84. The van der Waals surface area contributed by atoms with Crippen LogP contribution < -0.4 is 4.72 Å². The van der Waals surface area contributed by atoms with Crippen LogP contribution in [-0.2, 0) is 16.2 Å². The van der Waals surface area contributed by atoms with Crippen LogP contribution in [0.15, 0.2) is 22.7 Å². The van der Waals surface area contributed by atoms with Crippen LogP contribution in [0.4, 0.5) is 18.9 Å². The van der Waals surface area contributed by atoms with Crippen molar-refractivity contribution in [2.75, 3.05) is 17.1 Å². The summed E-state index contributed by atoms with van der Waals surface area (Å²) in [4.78, 5) is 0. The molecule has 1 aromatic carbocycles. The van der Waals surface area contributed by atoms with E-state index in [1.807, 2.05) is 0 Å². The second-order valence-electron chi connectivity index (χ2n) is 4.08. The molecule has 0 saturated carbocycles. The number of hydrogen-bond acceptors (Lipinski definition) is 3. The first kappa shape index (κ1) is 17.3. The van der Waals surface area contributed by atoms with Crippen molar-refractivity contribution in [3.05, 3.63) is 28.2 Å². The maximum atomic E-state index is 12.6. The van der Waals surface area contributed by atoms with Crippen LogP contribution in [-0.4, -0.2) is 25.9 Å². The minimum Gasteiger partial charge on any atom is -0.396 e. The predicted molar refractivity (Wildman–Crippen MR) is 72.9 cm³/mol. The van der Waals surface area contributed by atoms with Crippen molar-refractivity contribution in [1.29, 1.82) is 0 Å². The van der Waals surface area contributed by atoms with Crippen LogP contribution in [0.25, 0.3) is 0 Å². The van der Waals surface area contributed by atoms with Gasteiger partial charge in [0.05, 0.1) is 17.0 Å². The molecule has 4 nitrogen and oxygen atoms in total. The number of sulfonamides is 1. The lowest BCUT2D eigenvalue weighted by atomic mass is 10.2. The molecule has 1 rings (SSSR count). The average molecular weight is 376 g/mol. The van der Waals surface area contributed by atoms with E-state index in [1.54, 1.807) is 0 Å². The molecule has 0 unspecified atom stereocenters. The zero-order valence-corrected chi connectivity index (χ0v) is 12.6. The molecule has 0 radical (unpaired) electrons. The first-order chi connectivity index (χ1) is 9.14. The van der Waals surface area contributed by atoms with Crippen molar-refractivity contribution in [1.82, 2.24) is 0 Å². The number of aliphatic hydroxyl groups excluding tert-OH is 1. The third-order valence-electron chi connectivity index (χ3n) is 2.32. The SMILES string of the molecule is O=S(=O)(CCCCO)Nc1cc(Br)cc(C(F)(F)F)c1. The quantitative estimate of drug-likeness (QED) is 0.751. The highest BCUT2D eigenvalue weighted by atomic mass is 79.9. The Kier molecular flexibility index (Phi) is 5.84. The van der Waals surface area contributed by atoms with Gasteiger partial charge in [0, 0.05) is 11.1 Å². The fourth-order valence-electron chi connectivity index (χ4n) is 1.45. The minimum atomic E-state index is -4.55. The third-order valence-corrected chi connectivity index (χ3v) is 4.15. The Balaban J connectivity index is 2.90. The summed E-state index contributed by atoms with van der Waals surface area (Å²) in [6.45, 7) is -0.134. The van der Waals surface area contributed by atoms with Gasteiger partial charge in [-0.15, -0.1) is 0 Å². The summed E-state index contributed by atoms with van der Waals surface area (Å²) in [5, 5.41) is 8.57. The lowest BCUT2D eigenvalue weighted by molar-refractivity contribution is -0.137. The van der Waals surface area contributed by atoms with E-state index in [0.29, 0.717) is 6.42 Å². The number of nitrogens with one attached hydrogen (secondary N) is 1. The smallest absolute Gasteiger partial charge is 0.396 e. The van der Waals surface area contributed by atoms with Crippen molar-refractivity contribution in [2.45, 2.75) is 19.0 Å². The molecule has 0 spiro atoms. The Hall–Kier alpha value is -0.800. The molecule has 0 aromatic heterocycles. The fraction of sp³-hybridized carbons (Fsp3) is 0.455. The third kappa shape index (κ3) is 5.68. The molecule has 20 heavy (non-hydrogen) atoms. The van der Waals surface area contributed by atoms with Gasteiger partial charge in [-0.3, -0.25) is 4.72 Å². The molecule has 0 heterocycles. The van der Waals surface area contributed by atoms with E-state index >= 15 is 0 Å². The van der Waals surface area contributed by atoms with E-state index in [2.05, 4.69) is 20.7 Å². The lowest BCUT2D eigenvalue weighted by Crippen LogP contribution is -2.17. The number of alkyl halides is 3. The monoisotopic (exact) mass is 375 g/mol. The van der Waals surface area contributed by atoms with Gasteiger partial charge in [0.15, 0.2) is 0 Å². The van der Waals surface area contributed by atoms with Crippen LogP contribution >= 0.6 is 15.9 Å². The van der Waals surface area contributed by atoms with Gasteiger partial charge in [-0.1, -0.05) is 15.9 Å². The fourth-order valence-corrected chi connectivity index (χ4v) is 3.10. The molecule has 9 heteroatoms. The van der Waals surface area contributed by atoms with Gasteiger partial charge in [-0.2, -0.15) is 13.2 Å². The zero-order valence-electron chi connectivity index (χ0n) is 10.2. The summed E-state index contributed by atoms with van der Waals surface area (Å²) in [6, 6.07) is 2.84. The van der Waals surface area contributed by atoms with Gasteiger partial charge in [0.25, 0.3) is 0 Å². The summed E-state index contributed by atoms with van der Waals surface area (Å²) >= 11 is 2.91. The van der Waals surface area contributed by atoms with Crippen LogP contribution in [0.3, 0.4) is 0 Å². The first-order valence-corrected chi connectivity index (χ1v) is 8.08. The molecule has 0 bridgehead atoms. The van der Waals surface area contributed by atoms with Gasteiger partial charge < -0.3 is 5.11 Å². The van der Waals surface area contributed by atoms with E-state index in [1.165, 1.54) is 6.07 Å². The molecular weight excluding hydrogens is 363 g/mol. The summed E-state index contributed by atoms with van der Waals surface area (Å²) in [5.74, 6) is -0.262. The minimum absolute atomic E-state index is 0.125. The molecule has 0 aliphatic rings. The van der Waals surface area contributed by atoms with Crippen LogP contribution in [0, 0.1) is 0 Å². The predicted octanol–water partition coefficient (Wildman–Crippen LogP) is 2.98. The van der Waals surface area contributed by atoms with E-state index in [9.17, 15) is 21.6 Å². The first-order valence-electron chi connectivity index (χ1n) is 5.63. The van der Waals surface area contributed by atoms with Gasteiger partial charge >= 0.3 is 6.18 Å². The topological polar surface area (TPSA) is 66.4 Å². The zero-order chi connectivity index (χ0) is 15.4. The number of anilines is 1. The Morgan fingerprint density at radius 1 is 1.20 bits per heavy atom. The summed E-state index contributed by atoms with van der Waals surface area (Å²) in [5.41, 5.74) is -1.10. The Morgan fingerprint density at radius 2 is 1.85 bits per heavy atom. The van der Waals surface area contributed by atoms with Crippen molar-refractivity contribution in [2.24, 2.45) is 0 Å². The summed E-state index contributed by atoms with van der Waals surface area (Å²) in [6.07, 6.45) is -4.01. The Morgan fingerprint density at radius 3 is 2.40 bits per heavy atom. The molecule has 0 amide bonds. The van der Waals surface area contributed by atoms with E-state index in [-0.39, 0.29) is 28.9 Å². The largest absolute Gasteiger partial charge is 0.416 e. The molecular formula is C11H13BrF3NO3S. The van der Waals surface area contributed by atoms with Gasteiger partial charge in [-0.25, -0.2) is 8.42 Å². The van der Waals surface area contributed by atoms with Crippen molar-refractivity contribution in [3.63, 3.8) is 0 Å². The Labute approximate surface area is 123 Å². The van der Waals surface area contributed by atoms with Crippen molar-refractivity contribution in [3.8, 4) is 0 Å². The highest BCUT2D eigenvalue weighted by Crippen LogP contribution is 2.33. The molecule has 0 saturated heterocycles. The van der Waals surface area contributed by atoms with Crippen LogP contribution in [0.2, 0.25) is 0 Å². The maximum Gasteiger partial charge on any atom is 0.416 e. The van der Waals surface area contributed by atoms with E-state index in [0.717, 1.165) is 12.1 Å². The molecule has 1 aromatic rings. The number of benzene rings is 1. The standard InChI is InChI=1S/C11H13BrF3NO3S/c12-9-5-8(11(13,14)15)6-10(7-9)16-20(18,19)4-2-1-3-17/h5-7,16-17H,1-4H2. The van der Waals surface area contributed by atoms with Crippen molar-refractivity contribution >= 4 is 31.6 Å². The lowest BCUT2D eigenvalue weighted by Gasteiger charge is -2.12. The normalized spacial score (nSPS) is 12.4. The van der Waals surface area contributed by atoms with E-state index < -0.39 is 21.8 Å². The maximum absolute atomic E-state index is 12.6.